The topological polar surface area (TPSA) is 53.4 Å². The van der Waals surface area contributed by atoms with E-state index in [-0.39, 0.29) is 24.4 Å². The van der Waals surface area contributed by atoms with Crippen LogP contribution < -0.4 is 5.32 Å². The molecular formula is C20H30ClN5O. The Hall–Kier alpha value is -1.89. The third-order valence-electron chi connectivity index (χ3n) is 5.13. The number of imidazole rings is 1. The van der Waals surface area contributed by atoms with Crippen LogP contribution in [0.2, 0.25) is 0 Å². The van der Waals surface area contributed by atoms with Crippen molar-refractivity contribution in [3.8, 4) is 0 Å². The summed E-state index contributed by atoms with van der Waals surface area (Å²) in [6.45, 7) is 5.78. The molecule has 1 unspecified atom stereocenters. The summed E-state index contributed by atoms with van der Waals surface area (Å²) in [5, 5.41) is 3.41. The molecule has 7 heteroatoms. The summed E-state index contributed by atoms with van der Waals surface area (Å²) >= 11 is 0. The van der Waals surface area contributed by atoms with Crippen LogP contribution >= 0.6 is 12.4 Å². The Labute approximate surface area is 168 Å². The van der Waals surface area contributed by atoms with Crippen molar-refractivity contribution in [1.82, 2.24) is 24.7 Å². The molecule has 2 aromatic rings. The predicted molar refractivity (Wildman–Crippen MR) is 110 cm³/mol. The zero-order valence-electron chi connectivity index (χ0n) is 16.4. The first-order chi connectivity index (χ1) is 12.6. The normalized spacial score (nSPS) is 17.4. The molecule has 1 aliphatic rings. The fourth-order valence-corrected chi connectivity index (χ4v) is 3.43. The number of rotatable bonds is 6. The van der Waals surface area contributed by atoms with Gasteiger partial charge in [-0.1, -0.05) is 31.2 Å². The third kappa shape index (κ3) is 5.31. The molecule has 1 aliphatic heterocycles. The van der Waals surface area contributed by atoms with Gasteiger partial charge in [0, 0.05) is 52.7 Å². The lowest BCUT2D eigenvalue weighted by atomic mass is 10.1. The number of halogens is 1. The fourth-order valence-electron chi connectivity index (χ4n) is 3.43. The highest BCUT2D eigenvalue weighted by atomic mass is 35.5. The summed E-state index contributed by atoms with van der Waals surface area (Å²) < 4.78 is 2.04. The van der Waals surface area contributed by atoms with Gasteiger partial charge in [0.05, 0.1) is 12.6 Å². The van der Waals surface area contributed by atoms with Gasteiger partial charge in [0.1, 0.15) is 5.82 Å². The SMILES string of the molecule is CCc1ccc(CN(C)C(=O)CN2CCNCC2c2nccn2C)cc1.Cl. The van der Waals surface area contributed by atoms with Gasteiger partial charge in [0.15, 0.2) is 0 Å². The van der Waals surface area contributed by atoms with E-state index >= 15 is 0 Å². The maximum Gasteiger partial charge on any atom is 0.236 e. The molecule has 0 bridgehead atoms. The van der Waals surface area contributed by atoms with Crippen LogP contribution in [0.15, 0.2) is 36.7 Å². The number of amides is 1. The Kier molecular flexibility index (Phi) is 7.83. The quantitative estimate of drug-likeness (QED) is 0.818. The Balaban J connectivity index is 0.00000261. The van der Waals surface area contributed by atoms with Crippen LogP contribution in [-0.4, -0.2) is 58.5 Å². The molecule has 1 aromatic heterocycles. The number of nitrogens with one attached hydrogen (secondary N) is 1. The first kappa shape index (κ1) is 21.4. The number of aryl methyl sites for hydroxylation is 2. The van der Waals surface area contributed by atoms with E-state index in [1.54, 1.807) is 0 Å². The molecule has 0 aliphatic carbocycles. The molecule has 1 fully saturated rings. The molecule has 1 amide bonds. The second-order valence-electron chi connectivity index (χ2n) is 7.01. The standard InChI is InChI=1S/C20H29N5O.ClH/c1-4-16-5-7-17(8-6-16)14-24(3)19(26)15-25-12-9-21-13-18(25)20-22-10-11-23(20)2;/h5-8,10-11,18,21H,4,9,12-15H2,1-3H3;1H. The number of carbonyl (C=O) groups excluding carboxylic acids is 1. The van der Waals surface area contributed by atoms with E-state index < -0.39 is 0 Å². The van der Waals surface area contributed by atoms with E-state index in [0.29, 0.717) is 13.1 Å². The number of likely N-dealkylation sites (N-methyl/N-ethyl adjacent to an activating group) is 1. The highest BCUT2D eigenvalue weighted by Crippen LogP contribution is 2.20. The Morgan fingerprint density at radius 3 is 2.63 bits per heavy atom. The van der Waals surface area contributed by atoms with Gasteiger partial charge in [-0.25, -0.2) is 4.98 Å². The largest absolute Gasteiger partial charge is 0.340 e. The molecule has 0 spiro atoms. The first-order valence-corrected chi connectivity index (χ1v) is 9.32. The lowest BCUT2D eigenvalue weighted by Gasteiger charge is -2.36. The molecule has 0 saturated carbocycles. The number of nitrogens with zero attached hydrogens (tertiary/aromatic N) is 4. The third-order valence-corrected chi connectivity index (χ3v) is 5.13. The van der Waals surface area contributed by atoms with Crippen molar-refractivity contribution in [2.24, 2.45) is 7.05 Å². The van der Waals surface area contributed by atoms with Crippen LogP contribution in [0.4, 0.5) is 0 Å². The molecule has 6 nitrogen and oxygen atoms in total. The van der Waals surface area contributed by atoms with Crippen molar-refractivity contribution < 1.29 is 4.79 Å². The zero-order valence-corrected chi connectivity index (χ0v) is 17.2. The van der Waals surface area contributed by atoms with Crippen molar-refractivity contribution in [2.45, 2.75) is 25.9 Å². The van der Waals surface area contributed by atoms with E-state index in [1.807, 2.05) is 36.0 Å². The number of hydrogen-bond acceptors (Lipinski definition) is 4. The lowest BCUT2D eigenvalue weighted by Crippen LogP contribution is -2.50. The molecule has 1 N–H and O–H groups in total. The number of benzene rings is 1. The highest BCUT2D eigenvalue weighted by Gasteiger charge is 2.28. The van der Waals surface area contributed by atoms with Crippen molar-refractivity contribution >= 4 is 18.3 Å². The minimum absolute atomic E-state index is 0. The maximum atomic E-state index is 12.8. The van der Waals surface area contributed by atoms with Crippen LogP contribution in [0.1, 0.15) is 29.9 Å². The molecule has 1 aromatic carbocycles. The van der Waals surface area contributed by atoms with Gasteiger partial charge in [-0.05, 0) is 17.5 Å². The van der Waals surface area contributed by atoms with Crippen LogP contribution in [0, 0.1) is 0 Å². The molecule has 1 atom stereocenters. The maximum absolute atomic E-state index is 12.8. The van der Waals surface area contributed by atoms with E-state index in [0.717, 1.165) is 31.9 Å². The summed E-state index contributed by atoms with van der Waals surface area (Å²) in [6, 6.07) is 8.64. The lowest BCUT2D eigenvalue weighted by molar-refractivity contribution is -0.132. The first-order valence-electron chi connectivity index (χ1n) is 9.32. The summed E-state index contributed by atoms with van der Waals surface area (Å²) in [5.74, 6) is 1.15. The van der Waals surface area contributed by atoms with E-state index in [9.17, 15) is 4.79 Å². The average molecular weight is 392 g/mol. The van der Waals surface area contributed by atoms with Gasteiger partial charge in [0.25, 0.3) is 0 Å². The van der Waals surface area contributed by atoms with Gasteiger partial charge in [-0.3, -0.25) is 9.69 Å². The minimum Gasteiger partial charge on any atom is -0.340 e. The van der Waals surface area contributed by atoms with Crippen LogP contribution in [0.5, 0.6) is 0 Å². The Morgan fingerprint density at radius 2 is 2.00 bits per heavy atom. The van der Waals surface area contributed by atoms with Gasteiger partial charge >= 0.3 is 0 Å². The average Bonchev–Trinajstić information content (AvgIpc) is 3.08. The number of aromatic nitrogens is 2. The highest BCUT2D eigenvalue weighted by molar-refractivity contribution is 5.85. The summed E-state index contributed by atoms with van der Waals surface area (Å²) in [7, 11) is 3.89. The Morgan fingerprint density at radius 1 is 1.30 bits per heavy atom. The second-order valence-corrected chi connectivity index (χ2v) is 7.01. The minimum atomic E-state index is 0. The van der Waals surface area contributed by atoms with E-state index in [4.69, 9.17) is 0 Å². The van der Waals surface area contributed by atoms with Gasteiger partial charge < -0.3 is 14.8 Å². The van der Waals surface area contributed by atoms with E-state index in [1.165, 1.54) is 11.1 Å². The van der Waals surface area contributed by atoms with Gasteiger partial charge in [-0.2, -0.15) is 0 Å². The fraction of sp³-hybridized carbons (Fsp3) is 0.500. The second kappa shape index (κ2) is 9.88. The molecule has 3 rings (SSSR count). The summed E-state index contributed by atoms with van der Waals surface area (Å²) in [6.07, 6.45) is 4.80. The number of carbonyl (C=O) groups is 1. The van der Waals surface area contributed by atoms with E-state index in [2.05, 4.69) is 46.4 Å². The molecule has 2 heterocycles. The van der Waals surface area contributed by atoms with Crippen molar-refractivity contribution in [3.05, 3.63) is 53.6 Å². The number of hydrogen-bond donors (Lipinski definition) is 1. The van der Waals surface area contributed by atoms with Crippen LogP contribution in [0.25, 0.3) is 0 Å². The molecular weight excluding hydrogens is 362 g/mol. The van der Waals surface area contributed by atoms with Crippen LogP contribution in [0.3, 0.4) is 0 Å². The van der Waals surface area contributed by atoms with Crippen molar-refractivity contribution in [3.63, 3.8) is 0 Å². The molecule has 27 heavy (non-hydrogen) atoms. The van der Waals surface area contributed by atoms with Crippen LogP contribution in [-0.2, 0) is 24.8 Å². The number of piperazine rings is 1. The predicted octanol–water partition coefficient (Wildman–Crippen LogP) is 2.01. The van der Waals surface area contributed by atoms with Crippen molar-refractivity contribution in [1.29, 1.82) is 0 Å². The smallest absolute Gasteiger partial charge is 0.236 e. The Bertz CT molecular complexity index is 730. The molecule has 0 radical (unpaired) electrons. The van der Waals surface area contributed by atoms with Gasteiger partial charge in [0.2, 0.25) is 5.91 Å². The monoisotopic (exact) mass is 391 g/mol. The summed E-state index contributed by atoms with van der Waals surface area (Å²) in [4.78, 5) is 21.3. The molecule has 1 saturated heterocycles. The van der Waals surface area contributed by atoms with Crippen molar-refractivity contribution in [2.75, 3.05) is 33.2 Å². The molecule has 148 valence electrons. The summed E-state index contributed by atoms with van der Waals surface area (Å²) in [5.41, 5.74) is 2.49. The zero-order chi connectivity index (χ0) is 18.5. The van der Waals surface area contributed by atoms with Gasteiger partial charge in [-0.15, -0.1) is 12.4 Å².